The predicted octanol–water partition coefficient (Wildman–Crippen LogP) is 4.20. The molecule has 2 rings (SSSR count). The van der Waals surface area contributed by atoms with Crippen LogP contribution in [0.1, 0.15) is 63.1 Å². The van der Waals surface area contributed by atoms with Crippen molar-refractivity contribution in [2.75, 3.05) is 0 Å². The lowest BCUT2D eigenvalue weighted by Crippen LogP contribution is -2.25. The van der Waals surface area contributed by atoms with E-state index in [1.54, 1.807) is 11.3 Å². The van der Waals surface area contributed by atoms with E-state index in [1.807, 2.05) is 20.8 Å². The van der Waals surface area contributed by atoms with Crippen LogP contribution in [0.5, 0.6) is 0 Å². The smallest absolute Gasteiger partial charge is 0.0902 e. The van der Waals surface area contributed by atoms with Gasteiger partial charge in [-0.25, -0.2) is 4.98 Å². The first-order chi connectivity index (χ1) is 7.71. The van der Waals surface area contributed by atoms with E-state index < -0.39 is 0 Å². The molecule has 88 valence electrons. The molecule has 16 heavy (non-hydrogen) atoms. The lowest BCUT2D eigenvalue weighted by atomic mass is 9.64. The summed E-state index contributed by atoms with van der Waals surface area (Å²) in [5, 5.41) is 3.14. The highest BCUT2D eigenvalue weighted by Crippen LogP contribution is 2.36. The van der Waals surface area contributed by atoms with Gasteiger partial charge in [-0.15, -0.1) is 11.3 Å². The van der Waals surface area contributed by atoms with E-state index >= 15 is 0 Å². The summed E-state index contributed by atoms with van der Waals surface area (Å²) < 4.78 is 0. The minimum Gasteiger partial charge on any atom is -0.247 e. The van der Waals surface area contributed by atoms with Gasteiger partial charge in [0.2, 0.25) is 0 Å². The third-order valence-corrected chi connectivity index (χ3v) is 4.22. The molecular formula is C13H22BNS. The zero-order valence-corrected chi connectivity index (χ0v) is 11.6. The van der Waals surface area contributed by atoms with Gasteiger partial charge in [0.15, 0.2) is 0 Å². The van der Waals surface area contributed by atoms with E-state index in [4.69, 9.17) is 7.85 Å². The molecule has 1 nitrogen and oxygen atoms in total. The molecule has 1 aromatic rings. The summed E-state index contributed by atoms with van der Waals surface area (Å²) in [6.45, 7) is 6.04. The number of nitrogens with zero attached hydrogens (tertiary/aromatic N) is 1. The second-order valence-corrected chi connectivity index (χ2v) is 5.22. The first kappa shape index (κ1) is 13.8. The monoisotopic (exact) mass is 235 g/mol. The Morgan fingerprint density at radius 1 is 1.19 bits per heavy atom. The molecule has 0 spiro atoms. The molecule has 0 bridgehead atoms. The van der Waals surface area contributed by atoms with E-state index in [0.29, 0.717) is 0 Å². The Bertz CT molecular complexity index is 301. The Hall–Kier alpha value is -0.305. The number of hydrogen-bond donors (Lipinski definition) is 0. The van der Waals surface area contributed by atoms with E-state index in [2.05, 4.69) is 10.4 Å². The van der Waals surface area contributed by atoms with Gasteiger partial charge in [0, 0.05) is 11.1 Å². The minimum absolute atomic E-state index is 0.116. The van der Waals surface area contributed by atoms with Crippen LogP contribution in [0.25, 0.3) is 0 Å². The second kappa shape index (κ2) is 6.44. The van der Waals surface area contributed by atoms with Crippen molar-refractivity contribution in [1.82, 2.24) is 4.98 Å². The fraction of sp³-hybridized carbons (Fsp3) is 0.769. The Labute approximate surface area is 105 Å². The average molecular weight is 235 g/mol. The maximum atomic E-state index is 6.44. The molecule has 0 N–H and O–H groups in total. The summed E-state index contributed by atoms with van der Waals surface area (Å²) in [7, 11) is 6.44. The minimum atomic E-state index is -0.116. The Morgan fingerprint density at radius 2 is 1.75 bits per heavy atom. The number of thiazole rings is 1. The Morgan fingerprint density at radius 3 is 2.19 bits per heavy atom. The molecule has 0 saturated heterocycles. The van der Waals surface area contributed by atoms with Gasteiger partial charge in [0.25, 0.3) is 0 Å². The summed E-state index contributed by atoms with van der Waals surface area (Å²) in [5.41, 5.74) is 1.11. The summed E-state index contributed by atoms with van der Waals surface area (Å²) in [5.74, 6) is 0. The molecule has 1 aliphatic carbocycles. The quantitative estimate of drug-likeness (QED) is 0.525. The van der Waals surface area contributed by atoms with E-state index in [9.17, 15) is 0 Å². The molecule has 1 fully saturated rings. The summed E-state index contributed by atoms with van der Waals surface area (Å²) in [4.78, 5) is 4.54. The number of hydrogen-bond acceptors (Lipinski definition) is 2. The highest BCUT2D eigenvalue weighted by Gasteiger charge is 2.29. The third-order valence-electron chi connectivity index (χ3n) is 3.04. The average Bonchev–Trinajstić information content (AvgIpc) is 2.61. The maximum Gasteiger partial charge on any atom is 0.0902 e. The first-order valence-electron chi connectivity index (χ1n) is 6.42. The highest BCUT2D eigenvalue weighted by molar-refractivity contribution is 7.10. The highest BCUT2D eigenvalue weighted by atomic mass is 32.1. The molecule has 1 aromatic heterocycles. The molecular weight excluding hydrogens is 213 g/mol. The van der Waals surface area contributed by atoms with Crippen molar-refractivity contribution in [3.8, 4) is 0 Å². The van der Waals surface area contributed by atoms with Crippen LogP contribution in [-0.4, -0.2) is 12.8 Å². The Balaban J connectivity index is 0.000000606. The number of rotatable bonds is 1. The van der Waals surface area contributed by atoms with Crippen molar-refractivity contribution in [3.05, 3.63) is 16.1 Å². The molecule has 1 aliphatic rings. The van der Waals surface area contributed by atoms with E-state index in [1.165, 1.54) is 25.7 Å². The predicted molar refractivity (Wildman–Crippen MR) is 73.3 cm³/mol. The van der Waals surface area contributed by atoms with Crippen LogP contribution in [0, 0.1) is 6.92 Å². The van der Waals surface area contributed by atoms with Crippen LogP contribution < -0.4 is 0 Å². The van der Waals surface area contributed by atoms with Crippen molar-refractivity contribution in [3.63, 3.8) is 0 Å². The van der Waals surface area contributed by atoms with Crippen molar-refractivity contribution < 1.29 is 0 Å². The molecule has 0 unspecified atom stereocenters. The van der Waals surface area contributed by atoms with Crippen LogP contribution in [0.2, 0.25) is 0 Å². The van der Waals surface area contributed by atoms with Gasteiger partial charge in [-0.2, -0.15) is 0 Å². The first-order valence-corrected chi connectivity index (χ1v) is 7.30. The largest absolute Gasteiger partial charge is 0.247 e. The van der Waals surface area contributed by atoms with Gasteiger partial charge in [0.05, 0.1) is 12.9 Å². The lowest BCUT2D eigenvalue weighted by molar-refractivity contribution is 0.520. The van der Waals surface area contributed by atoms with Crippen molar-refractivity contribution >= 4 is 19.2 Å². The van der Waals surface area contributed by atoms with Crippen molar-refractivity contribution in [1.29, 1.82) is 0 Å². The number of aryl methyl sites for hydroxylation is 1. The summed E-state index contributed by atoms with van der Waals surface area (Å²) >= 11 is 1.73. The Kier molecular flexibility index (Phi) is 5.53. The van der Waals surface area contributed by atoms with Gasteiger partial charge in [-0.3, -0.25) is 0 Å². The topological polar surface area (TPSA) is 12.9 Å². The molecule has 2 radical (unpaired) electrons. The molecule has 0 aliphatic heterocycles. The fourth-order valence-electron chi connectivity index (χ4n) is 2.16. The summed E-state index contributed by atoms with van der Waals surface area (Å²) in [6, 6.07) is 0. The van der Waals surface area contributed by atoms with E-state index in [-0.39, 0.29) is 5.31 Å². The van der Waals surface area contributed by atoms with Crippen molar-refractivity contribution in [2.24, 2.45) is 0 Å². The number of aromatic nitrogens is 1. The third kappa shape index (κ3) is 3.34. The molecule has 1 saturated carbocycles. The van der Waals surface area contributed by atoms with Crippen LogP contribution >= 0.6 is 11.3 Å². The molecule has 3 heteroatoms. The lowest BCUT2D eigenvalue weighted by Gasteiger charge is -2.25. The van der Waals surface area contributed by atoms with Gasteiger partial charge in [-0.1, -0.05) is 39.5 Å². The second-order valence-electron chi connectivity index (χ2n) is 4.36. The van der Waals surface area contributed by atoms with Crippen molar-refractivity contribution in [2.45, 2.75) is 64.6 Å². The molecule has 0 atom stereocenters. The van der Waals surface area contributed by atoms with Crippen LogP contribution in [0.4, 0.5) is 0 Å². The maximum absolute atomic E-state index is 6.44. The van der Waals surface area contributed by atoms with Gasteiger partial charge in [0.1, 0.15) is 0 Å². The SMILES string of the molecule is CC.[B]C1(c2nc(C)cs2)CCCCCC1. The molecule has 0 aromatic carbocycles. The fourth-order valence-corrected chi connectivity index (χ4v) is 3.13. The zero-order chi connectivity index (χ0) is 12.0. The van der Waals surface area contributed by atoms with Crippen LogP contribution in [-0.2, 0) is 5.31 Å². The van der Waals surface area contributed by atoms with E-state index in [0.717, 1.165) is 23.5 Å². The standard InChI is InChI=1S/C11H16BNS.C2H6/c1-9-8-14-10(13-9)11(12)6-4-2-3-5-7-11;1-2/h8H,2-7H2,1H3;1-2H3. The molecule has 0 amide bonds. The van der Waals surface area contributed by atoms with Crippen LogP contribution in [0.15, 0.2) is 5.38 Å². The van der Waals surface area contributed by atoms with Gasteiger partial charge < -0.3 is 0 Å². The van der Waals surface area contributed by atoms with Gasteiger partial charge in [-0.05, 0) is 25.1 Å². The van der Waals surface area contributed by atoms with Gasteiger partial charge >= 0.3 is 0 Å². The van der Waals surface area contributed by atoms with Crippen LogP contribution in [0.3, 0.4) is 0 Å². The molecule has 1 heterocycles. The zero-order valence-electron chi connectivity index (χ0n) is 10.8. The summed E-state index contributed by atoms with van der Waals surface area (Å²) in [6.07, 6.45) is 7.41. The normalized spacial score (nSPS) is 19.4.